The molecule has 2 rings (SSSR count). The monoisotopic (exact) mass is 267 g/mol. The fourth-order valence-corrected chi connectivity index (χ4v) is 1.54. The minimum Gasteiger partial charge on any atom is -0.480 e. The molecule has 0 radical (unpaired) electrons. The van der Waals surface area contributed by atoms with Crippen molar-refractivity contribution in [2.45, 2.75) is 31.2 Å². The van der Waals surface area contributed by atoms with Gasteiger partial charge in [-0.3, -0.25) is 14.7 Å². The Morgan fingerprint density at radius 1 is 1.47 bits per heavy atom. The molecule has 1 atom stereocenters. The van der Waals surface area contributed by atoms with E-state index in [1.807, 2.05) is 0 Å². The molecule has 0 unspecified atom stereocenters. The van der Waals surface area contributed by atoms with Crippen molar-refractivity contribution >= 4 is 17.8 Å². The molecule has 0 bridgehead atoms. The summed E-state index contributed by atoms with van der Waals surface area (Å²) >= 11 is 0. The lowest BCUT2D eigenvalue weighted by Crippen LogP contribution is -2.43. The van der Waals surface area contributed by atoms with Crippen molar-refractivity contribution in [3.8, 4) is 0 Å². The fraction of sp³-hybridized carbons (Fsp3) is 0.500. The van der Waals surface area contributed by atoms with Gasteiger partial charge in [-0.2, -0.15) is 0 Å². The number of amides is 2. The second-order valence-electron chi connectivity index (χ2n) is 4.35. The summed E-state index contributed by atoms with van der Waals surface area (Å²) in [7, 11) is 0. The summed E-state index contributed by atoms with van der Waals surface area (Å²) in [4.78, 5) is 37.3. The Balaban J connectivity index is 2.00. The van der Waals surface area contributed by atoms with Crippen molar-refractivity contribution in [3.63, 3.8) is 0 Å². The lowest BCUT2D eigenvalue weighted by molar-refractivity contribution is -0.140. The second-order valence-corrected chi connectivity index (χ2v) is 4.35. The Morgan fingerprint density at radius 3 is 2.68 bits per heavy atom. The molecule has 19 heavy (non-hydrogen) atoms. The number of carbonyl (C=O) groups excluding carboxylic acids is 2. The SMILES string of the molecule is NC(=O)C[C@@H](NC(=O)c1n[nH]c(C2CC2)n1)C(=O)O. The van der Waals surface area contributed by atoms with Crippen molar-refractivity contribution in [2.75, 3.05) is 0 Å². The van der Waals surface area contributed by atoms with E-state index in [1.165, 1.54) is 0 Å². The zero-order chi connectivity index (χ0) is 14.0. The number of rotatable bonds is 6. The first-order valence-corrected chi connectivity index (χ1v) is 5.71. The third kappa shape index (κ3) is 3.27. The van der Waals surface area contributed by atoms with Gasteiger partial charge in [0.15, 0.2) is 0 Å². The summed E-state index contributed by atoms with van der Waals surface area (Å²) in [5, 5.41) is 17.3. The number of nitrogens with zero attached hydrogens (tertiary/aromatic N) is 2. The predicted molar refractivity (Wildman–Crippen MR) is 61.1 cm³/mol. The minimum absolute atomic E-state index is 0.141. The van der Waals surface area contributed by atoms with E-state index in [2.05, 4.69) is 20.5 Å². The van der Waals surface area contributed by atoms with E-state index in [4.69, 9.17) is 10.8 Å². The summed E-state index contributed by atoms with van der Waals surface area (Å²) in [5.41, 5.74) is 4.91. The Bertz CT molecular complexity index is 522. The van der Waals surface area contributed by atoms with Crippen LogP contribution in [0.5, 0.6) is 0 Å². The van der Waals surface area contributed by atoms with E-state index in [1.54, 1.807) is 0 Å². The van der Waals surface area contributed by atoms with Crippen LogP contribution >= 0.6 is 0 Å². The highest BCUT2D eigenvalue weighted by molar-refractivity contribution is 5.94. The van der Waals surface area contributed by atoms with Gasteiger partial charge in [0.05, 0.1) is 6.42 Å². The van der Waals surface area contributed by atoms with Crippen LogP contribution in [0.1, 0.15) is 41.6 Å². The summed E-state index contributed by atoms with van der Waals surface area (Å²) in [6.45, 7) is 0. The number of primary amides is 1. The first-order chi connectivity index (χ1) is 8.97. The van der Waals surface area contributed by atoms with Gasteiger partial charge in [-0.25, -0.2) is 9.78 Å². The number of H-pyrrole nitrogens is 1. The van der Waals surface area contributed by atoms with Crippen molar-refractivity contribution in [1.29, 1.82) is 0 Å². The molecule has 0 aromatic carbocycles. The van der Waals surface area contributed by atoms with Crippen LogP contribution in [0.3, 0.4) is 0 Å². The molecule has 0 saturated heterocycles. The van der Waals surface area contributed by atoms with Crippen LogP contribution in [0, 0.1) is 0 Å². The van der Waals surface area contributed by atoms with Crippen LogP contribution in [0.4, 0.5) is 0 Å². The third-order valence-electron chi connectivity index (χ3n) is 2.68. The molecule has 9 nitrogen and oxygen atoms in total. The molecule has 1 aromatic rings. The lowest BCUT2D eigenvalue weighted by Gasteiger charge is -2.10. The Labute approximate surface area is 107 Å². The first kappa shape index (κ1) is 13.0. The Morgan fingerprint density at radius 2 is 2.16 bits per heavy atom. The smallest absolute Gasteiger partial charge is 0.326 e. The van der Waals surface area contributed by atoms with Gasteiger partial charge in [-0.1, -0.05) is 0 Å². The zero-order valence-electron chi connectivity index (χ0n) is 9.92. The number of aromatic nitrogens is 3. The Hall–Kier alpha value is -2.45. The highest BCUT2D eigenvalue weighted by atomic mass is 16.4. The van der Waals surface area contributed by atoms with E-state index in [0.717, 1.165) is 12.8 Å². The maximum atomic E-state index is 11.7. The highest BCUT2D eigenvalue weighted by Gasteiger charge is 2.29. The van der Waals surface area contributed by atoms with E-state index in [-0.39, 0.29) is 5.82 Å². The second kappa shape index (κ2) is 5.04. The number of aliphatic carboxylic acids is 1. The van der Waals surface area contributed by atoms with Gasteiger partial charge in [0, 0.05) is 5.92 Å². The van der Waals surface area contributed by atoms with Gasteiger partial charge >= 0.3 is 5.97 Å². The molecule has 1 fully saturated rings. The fourth-order valence-electron chi connectivity index (χ4n) is 1.54. The summed E-state index contributed by atoms with van der Waals surface area (Å²) in [6, 6.07) is -1.38. The van der Waals surface area contributed by atoms with E-state index in [0.29, 0.717) is 11.7 Å². The number of carboxylic acid groups (broad SMARTS) is 1. The van der Waals surface area contributed by atoms with Gasteiger partial charge in [0.1, 0.15) is 11.9 Å². The van der Waals surface area contributed by atoms with E-state index < -0.39 is 30.2 Å². The van der Waals surface area contributed by atoms with E-state index in [9.17, 15) is 14.4 Å². The number of hydrogen-bond acceptors (Lipinski definition) is 5. The molecule has 9 heteroatoms. The maximum absolute atomic E-state index is 11.7. The van der Waals surface area contributed by atoms with Gasteiger partial charge in [-0.05, 0) is 12.8 Å². The molecule has 1 heterocycles. The maximum Gasteiger partial charge on any atom is 0.326 e. The molecule has 0 spiro atoms. The van der Waals surface area contributed by atoms with Gasteiger partial charge < -0.3 is 16.2 Å². The molecule has 102 valence electrons. The Kier molecular flexibility index (Phi) is 3.45. The number of carboxylic acids is 1. The molecule has 1 aliphatic carbocycles. The molecule has 5 N–H and O–H groups in total. The topological polar surface area (TPSA) is 151 Å². The van der Waals surface area contributed by atoms with Crippen LogP contribution in [-0.2, 0) is 9.59 Å². The molecule has 1 aromatic heterocycles. The van der Waals surface area contributed by atoms with Gasteiger partial charge in [-0.15, -0.1) is 5.10 Å². The van der Waals surface area contributed by atoms with Crippen molar-refractivity contribution in [2.24, 2.45) is 5.73 Å². The molecule has 1 saturated carbocycles. The molecule has 0 aliphatic heterocycles. The summed E-state index contributed by atoms with van der Waals surface area (Å²) < 4.78 is 0. The highest BCUT2D eigenvalue weighted by Crippen LogP contribution is 2.37. The molecular weight excluding hydrogens is 254 g/mol. The van der Waals surface area contributed by atoms with Crippen molar-refractivity contribution in [1.82, 2.24) is 20.5 Å². The molecule has 2 amide bonds. The van der Waals surface area contributed by atoms with Crippen LogP contribution < -0.4 is 11.1 Å². The number of nitrogens with two attached hydrogens (primary N) is 1. The number of nitrogens with one attached hydrogen (secondary N) is 2. The van der Waals surface area contributed by atoms with Crippen LogP contribution in [0.2, 0.25) is 0 Å². The number of aromatic amines is 1. The predicted octanol–water partition coefficient (Wildman–Crippen LogP) is -1.26. The first-order valence-electron chi connectivity index (χ1n) is 5.71. The summed E-state index contributed by atoms with van der Waals surface area (Å²) in [6.07, 6.45) is 1.51. The van der Waals surface area contributed by atoms with E-state index >= 15 is 0 Å². The van der Waals surface area contributed by atoms with Crippen molar-refractivity contribution in [3.05, 3.63) is 11.6 Å². The normalized spacial score (nSPS) is 15.8. The molecular formula is C10H13N5O4. The average Bonchev–Trinajstić information content (AvgIpc) is 3.05. The number of hydrogen-bond donors (Lipinski definition) is 4. The third-order valence-corrected chi connectivity index (χ3v) is 2.68. The van der Waals surface area contributed by atoms with Gasteiger partial charge in [0.2, 0.25) is 11.7 Å². The standard InChI is InChI=1S/C10H13N5O4/c11-6(16)3-5(10(18)19)12-9(17)8-13-7(14-15-8)4-1-2-4/h4-5H,1-3H2,(H2,11,16)(H,12,17)(H,18,19)(H,13,14,15)/t5-/m1/s1. The van der Waals surface area contributed by atoms with Gasteiger partial charge in [0.25, 0.3) is 5.91 Å². The van der Waals surface area contributed by atoms with Crippen molar-refractivity contribution < 1.29 is 19.5 Å². The quantitative estimate of drug-likeness (QED) is 0.505. The summed E-state index contributed by atoms with van der Waals surface area (Å²) in [5.74, 6) is -2.14. The van der Waals surface area contributed by atoms with Crippen LogP contribution in [0.15, 0.2) is 0 Å². The average molecular weight is 267 g/mol. The lowest BCUT2D eigenvalue weighted by atomic mass is 10.2. The zero-order valence-corrected chi connectivity index (χ0v) is 9.92. The van der Waals surface area contributed by atoms with Crippen LogP contribution in [0.25, 0.3) is 0 Å². The number of carbonyl (C=O) groups is 3. The largest absolute Gasteiger partial charge is 0.480 e. The van der Waals surface area contributed by atoms with Crippen LogP contribution in [-0.4, -0.2) is 44.1 Å². The molecule has 1 aliphatic rings. The minimum atomic E-state index is -1.38.